The van der Waals surface area contributed by atoms with Gasteiger partial charge in [0.15, 0.2) is 0 Å². The molecule has 127 valence electrons. The molecule has 0 aromatic rings. The van der Waals surface area contributed by atoms with Crippen LogP contribution in [0.25, 0.3) is 0 Å². The molecule has 0 atom stereocenters. The van der Waals surface area contributed by atoms with E-state index < -0.39 is 0 Å². The first-order valence-corrected chi connectivity index (χ1v) is 12.3. The third-order valence-corrected chi connectivity index (χ3v) is 1.26. The molecule has 0 aliphatic heterocycles. The van der Waals surface area contributed by atoms with Gasteiger partial charge in [-0.3, -0.25) is 6.08 Å². The third-order valence-electron chi connectivity index (χ3n) is 1.26. The standard InChI is InChI=1S/C5H5.3C3H8O.C2H7Ge.Zr/c1-2-4-5-3-1;3*1-2-3-4;1-3-2;/h1-3H,4H2;3*4H,2-3H2,1H3;3H,1-2H3;/q-1;;;;;. The summed E-state index contributed by atoms with van der Waals surface area (Å²) >= 11 is 0.312. The largest absolute Gasteiger partial charge is 0 e. The number of rotatable bonds is 3. The van der Waals surface area contributed by atoms with Gasteiger partial charge in [0.05, 0.1) is 0 Å². The van der Waals surface area contributed by atoms with Crippen LogP contribution in [0.3, 0.4) is 0 Å². The molecular weight excluding hydrogens is 404 g/mol. The van der Waals surface area contributed by atoms with Crippen LogP contribution in [0.15, 0.2) is 18.2 Å². The monoisotopic (exact) mass is 440 g/mol. The molecule has 0 saturated heterocycles. The van der Waals surface area contributed by atoms with E-state index in [2.05, 4.69) is 23.7 Å². The summed E-state index contributed by atoms with van der Waals surface area (Å²) in [6.07, 6.45) is 12.6. The molecule has 3 N–H and O–H groups in total. The zero-order chi connectivity index (χ0) is 16.5. The maximum absolute atomic E-state index is 7.88. The smallest absolute Gasteiger partial charge is 0 e. The molecule has 0 bridgehead atoms. The minimum Gasteiger partial charge on any atom is 0 e. The molecule has 1 rings (SSSR count). The van der Waals surface area contributed by atoms with Crippen LogP contribution in [0.5, 0.6) is 0 Å². The summed E-state index contributed by atoms with van der Waals surface area (Å²) in [4.78, 5) is 0. The quantitative estimate of drug-likeness (QED) is 0.467. The van der Waals surface area contributed by atoms with Gasteiger partial charge in [0.25, 0.3) is 0 Å². The van der Waals surface area contributed by atoms with Crippen LogP contribution in [0.1, 0.15) is 46.5 Å². The van der Waals surface area contributed by atoms with Gasteiger partial charge in [0.1, 0.15) is 0 Å². The van der Waals surface area contributed by atoms with Gasteiger partial charge in [0, 0.05) is 46.0 Å². The van der Waals surface area contributed by atoms with Gasteiger partial charge >= 0.3 is 26.9 Å². The Labute approximate surface area is 158 Å². The van der Waals surface area contributed by atoms with Crippen LogP contribution < -0.4 is 0 Å². The van der Waals surface area contributed by atoms with Crippen LogP contribution in [0.4, 0.5) is 0 Å². The molecule has 21 heavy (non-hydrogen) atoms. The average Bonchev–Trinajstić information content (AvgIpc) is 3.07. The van der Waals surface area contributed by atoms with Crippen molar-refractivity contribution in [3.8, 4) is 0 Å². The Hall–Kier alpha value is 0.786. The van der Waals surface area contributed by atoms with E-state index in [1.54, 1.807) is 0 Å². The summed E-state index contributed by atoms with van der Waals surface area (Å²) in [6.45, 7) is 6.75. The van der Waals surface area contributed by atoms with Gasteiger partial charge in [-0.15, -0.1) is 6.42 Å². The first-order chi connectivity index (χ1) is 9.66. The van der Waals surface area contributed by atoms with Crippen molar-refractivity contribution in [3.05, 3.63) is 24.3 Å². The van der Waals surface area contributed by atoms with E-state index in [4.69, 9.17) is 15.3 Å². The van der Waals surface area contributed by atoms with Crippen molar-refractivity contribution in [2.24, 2.45) is 0 Å². The van der Waals surface area contributed by atoms with Gasteiger partial charge < -0.3 is 15.3 Å². The first kappa shape index (κ1) is 33.4. The van der Waals surface area contributed by atoms with E-state index in [0.29, 0.717) is 35.3 Å². The fourth-order valence-corrected chi connectivity index (χ4v) is 0.340. The predicted molar refractivity (Wildman–Crippen MR) is 92.6 cm³/mol. The molecule has 1 radical (unpaired) electrons. The minimum atomic E-state index is 0. The van der Waals surface area contributed by atoms with E-state index in [1.807, 2.05) is 32.9 Å². The molecular formula is C16H36GeO3Zr-. The van der Waals surface area contributed by atoms with Crippen molar-refractivity contribution >= 4 is 15.4 Å². The maximum Gasteiger partial charge on any atom is 0 e. The fourth-order valence-electron chi connectivity index (χ4n) is 0.340. The van der Waals surface area contributed by atoms with Crippen LogP contribution in [0, 0.1) is 6.08 Å². The second-order valence-corrected chi connectivity index (χ2v) is 6.17. The number of aliphatic hydroxyl groups excluding tert-OH is 3. The molecule has 0 heterocycles. The molecule has 1 aliphatic rings. The molecule has 0 spiro atoms. The molecule has 1 aliphatic carbocycles. The Morgan fingerprint density at radius 3 is 1.24 bits per heavy atom. The van der Waals surface area contributed by atoms with Gasteiger partial charge in [-0.1, -0.05) is 20.8 Å². The Balaban J connectivity index is -0.0000000508. The Kier molecular flexibility index (Phi) is 79.2. The van der Waals surface area contributed by atoms with Crippen LogP contribution in [-0.4, -0.2) is 50.6 Å². The van der Waals surface area contributed by atoms with Crippen molar-refractivity contribution in [2.75, 3.05) is 19.8 Å². The minimum absolute atomic E-state index is 0. The van der Waals surface area contributed by atoms with Crippen LogP contribution >= 0.6 is 0 Å². The van der Waals surface area contributed by atoms with Gasteiger partial charge in [-0.05, 0) is 19.3 Å². The zero-order valence-electron chi connectivity index (χ0n) is 14.6. The fraction of sp³-hybridized carbons (Fsp3) is 0.750. The van der Waals surface area contributed by atoms with E-state index in [0.717, 1.165) is 25.7 Å². The van der Waals surface area contributed by atoms with E-state index >= 15 is 0 Å². The molecule has 3 nitrogen and oxygen atoms in total. The third kappa shape index (κ3) is 95.0. The number of hydrogen-bond donors (Lipinski definition) is 3. The van der Waals surface area contributed by atoms with E-state index in [1.165, 1.54) is 0 Å². The summed E-state index contributed by atoms with van der Waals surface area (Å²) < 4.78 is 0. The van der Waals surface area contributed by atoms with Crippen molar-refractivity contribution in [1.29, 1.82) is 0 Å². The average molecular weight is 440 g/mol. The molecule has 0 amide bonds. The van der Waals surface area contributed by atoms with E-state index in [9.17, 15) is 0 Å². The Morgan fingerprint density at radius 2 is 1.19 bits per heavy atom. The topological polar surface area (TPSA) is 60.7 Å². The molecule has 5 heteroatoms. The second-order valence-electron chi connectivity index (χ2n) is 3.75. The Bertz CT molecular complexity index is 140. The summed E-state index contributed by atoms with van der Waals surface area (Å²) in [7, 11) is 0. The molecule has 0 aromatic heterocycles. The summed E-state index contributed by atoms with van der Waals surface area (Å²) in [5.41, 5.74) is 0. The second kappa shape index (κ2) is 49.8. The maximum atomic E-state index is 7.88. The SMILES string of the molecule is CCCO.CCCO.CCCO.[C-]1=CC=CC1.[CH3][GeH][CH3].[Zr]. The van der Waals surface area contributed by atoms with Crippen molar-refractivity contribution in [1.82, 2.24) is 0 Å². The zero-order valence-corrected chi connectivity index (χ0v) is 19.5. The van der Waals surface area contributed by atoms with Crippen molar-refractivity contribution in [3.63, 3.8) is 0 Å². The summed E-state index contributed by atoms with van der Waals surface area (Å²) in [5, 5.41) is 23.6. The van der Waals surface area contributed by atoms with Gasteiger partial charge in [-0.2, -0.15) is 6.08 Å². The van der Waals surface area contributed by atoms with Crippen molar-refractivity contribution < 1.29 is 41.5 Å². The molecule has 0 fully saturated rings. The predicted octanol–water partition coefficient (Wildman–Crippen LogP) is 2.99. The number of aliphatic hydroxyl groups is 3. The van der Waals surface area contributed by atoms with Gasteiger partial charge in [-0.25, -0.2) is 12.2 Å². The first-order valence-electron chi connectivity index (χ1n) is 7.44. The van der Waals surface area contributed by atoms with Crippen LogP contribution in [-0.2, 0) is 26.2 Å². The van der Waals surface area contributed by atoms with E-state index in [-0.39, 0.29) is 26.2 Å². The Morgan fingerprint density at radius 1 is 0.905 bits per heavy atom. The van der Waals surface area contributed by atoms with Gasteiger partial charge in [0.2, 0.25) is 0 Å². The normalized spacial score (nSPS) is 9.33. The molecule has 0 aromatic carbocycles. The number of hydrogen-bond acceptors (Lipinski definition) is 3. The molecule has 0 unspecified atom stereocenters. The summed E-state index contributed by atoms with van der Waals surface area (Å²) in [5.74, 6) is 4.56. The molecule has 0 saturated carbocycles. The van der Waals surface area contributed by atoms with Crippen molar-refractivity contribution in [2.45, 2.75) is 58.0 Å². The van der Waals surface area contributed by atoms with Crippen LogP contribution in [0.2, 0.25) is 11.5 Å². The number of allylic oxidation sites excluding steroid dienone is 4. The summed E-state index contributed by atoms with van der Waals surface area (Å²) in [6, 6.07) is 0.